The Balaban J connectivity index is 1.45. The van der Waals surface area contributed by atoms with Crippen LogP contribution in [0.5, 0.6) is 0 Å². The monoisotopic (exact) mass is 616 g/mol. The minimum absolute atomic E-state index is 0.182. The van der Waals surface area contributed by atoms with Gasteiger partial charge in [0.15, 0.2) is 0 Å². The molecule has 1 aliphatic carbocycles. The Morgan fingerprint density at radius 1 is 0.978 bits per heavy atom. The summed E-state index contributed by atoms with van der Waals surface area (Å²) in [5.41, 5.74) is 19.7. The Hall–Kier alpha value is -4.12. The maximum atomic E-state index is 7.17. The van der Waals surface area contributed by atoms with Crippen LogP contribution in [-0.4, -0.2) is 17.2 Å². The molecule has 1 aromatic heterocycles. The second-order valence-corrected chi connectivity index (χ2v) is 13.8. The van der Waals surface area contributed by atoms with Gasteiger partial charge < -0.3 is 15.6 Å². The number of aryl methyl sites for hydroxylation is 1. The predicted molar refractivity (Wildman–Crippen MR) is 192 cm³/mol. The first-order valence-corrected chi connectivity index (χ1v) is 16.0. The Labute approximate surface area is 273 Å². The van der Waals surface area contributed by atoms with Crippen LogP contribution in [0, 0.1) is 12.3 Å². The summed E-state index contributed by atoms with van der Waals surface area (Å²) in [6, 6.07) is 23.8. The third-order valence-electron chi connectivity index (χ3n) is 8.45. The summed E-state index contributed by atoms with van der Waals surface area (Å²) in [5, 5.41) is 4.18. The third-order valence-corrected chi connectivity index (χ3v) is 8.86. The van der Waals surface area contributed by atoms with Crippen LogP contribution < -0.4 is 16.5 Å². The minimum atomic E-state index is 0.182. The van der Waals surface area contributed by atoms with E-state index in [0.29, 0.717) is 6.54 Å². The highest BCUT2D eigenvalue weighted by Crippen LogP contribution is 2.40. The summed E-state index contributed by atoms with van der Waals surface area (Å²) in [5.74, 6) is 0. The molecular formula is C40H45ClN4. The molecule has 4 nitrogen and oxygen atoms in total. The molecule has 0 radical (unpaired) electrons. The van der Waals surface area contributed by atoms with Crippen molar-refractivity contribution >= 4 is 11.6 Å². The van der Waals surface area contributed by atoms with Gasteiger partial charge in [-0.25, -0.2) is 4.99 Å². The van der Waals surface area contributed by atoms with Crippen LogP contribution in [0.2, 0.25) is 5.02 Å². The SMILES string of the molecule is C=C/C(=C\N=c1cc(-c2cccc(-c3cccc(-c4ccc5c(c4)CC(N)C5)c3Cl)c2C)ccn1C)CNC(=C)CC(C)(C)C. The number of allylic oxidation sites excluding steroid dienone is 1. The van der Waals surface area contributed by atoms with E-state index in [1.165, 1.54) is 16.7 Å². The maximum absolute atomic E-state index is 7.17. The van der Waals surface area contributed by atoms with Crippen LogP contribution in [0.3, 0.4) is 0 Å². The highest BCUT2D eigenvalue weighted by molar-refractivity contribution is 6.36. The van der Waals surface area contributed by atoms with Gasteiger partial charge in [0.05, 0.1) is 5.02 Å². The van der Waals surface area contributed by atoms with E-state index >= 15 is 0 Å². The van der Waals surface area contributed by atoms with Gasteiger partial charge in [0.2, 0.25) is 0 Å². The molecule has 3 N–H and O–H groups in total. The van der Waals surface area contributed by atoms with Crippen LogP contribution in [0.1, 0.15) is 43.9 Å². The molecule has 0 saturated heterocycles. The van der Waals surface area contributed by atoms with Crippen LogP contribution in [0.4, 0.5) is 0 Å². The zero-order chi connectivity index (χ0) is 32.3. The van der Waals surface area contributed by atoms with Gasteiger partial charge in [0.25, 0.3) is 0 Å². The molecule has 5 rings (SSSR count). The fourth-order valence-electron chi connectivity index (χ4n) is 6.13. The van der Waals surface area contributed by atoms with Gasteiger partial charge in [-0.2, -0.15) is 0 Å². The molecule has 5 heteroatoms. The lowest BCUT2D eigenvalue weighted by Crippen LogP contribution is -2.20. The normalized spacial score (nSPS) is 15.2. The fraction of sp³-hybridized carbons (Fsp3) is 0.275. The number of hydrogen-bond acceptors (Lipinski definition) is 3. The number of nitrogens with one attached hydrogen (secondary N) is 1. The molecule has 1 unspecified atom stereocenters. The summed E-state index contributed by atoms with van der Waals surface area (Å²) in [4.78, 5) is 4.85. The Morgan fingerprint density at radius 2 is 1.64 bits per heavy atom. The molecule has 1 aliphatic rings. The summed E-state index contributed by atoms with van der Waals surface area (Å²) >= 11 is 7.17. The van der Waals surface area contributed by atoms with Crippen molar-refractivity contribution in [1.29, 1.82) is 0 Å². The van der Waals surface area contributed by atoms with Gasteiger partial charge in [-0.1, -0.05) is 106 Å². The second kappa shape index (κ2) is 13.5. The van der Waals surface area contributed by atoms with E-state index in [9.17, 15) is 0 Å². The van der Waals surface area contributed by atoms with E-state index in [2.05, 4.69) is 119 Å². The molecule has 0 fully saturated rings. The van der Waals surface area contributed by atoms with Gasteiger partial charge in [0, 0.05) is 48.9 Å². The minimum Gasteiger partial charge on any atom is -0.385 e. The highest BCUT2D eigenvalue weighted by atomic mass is 35.5. The van der Waals surface area contributed by atoms with Crippen molar-refractivity contribution in [3.63, 3.8) is 0 Å². The molecule has 0 amide bonds. The molecule has 232 valence electrons. The first kappa shape index (κ1) is 32.3. The molecule has 0 spiro atoms. The average molecular weight is 617 g/mol. The number of aromatic nitrogens is 1. The van der Waals surface area contributed by atoms with Crippen LogP contribution in [-0.2, 0) is 19.9 Å². The van der Waals surface area contributed by atoms with E-state index < -0.39 is 0 Å². The van der Waals surface area contributed by atoms with Gasteiger partial charge in [-0.15, -0.1) is 0 Å². The van der Waals surface area contributed by atoms with E-state index in [1.807, 2.05) is 23.9 Å². The van der Waals surface area contributed by atoms with E-state index in [-0.39, 0.29) is 11.5 Å². The standard InChI is InChI=1S/C40H45ClN4/c1-8-28(24-43-26(2)23-40(4,5)6)25-44-38-22-31(17-18-45(38)7)34-11-9-12-35(27(34)3)37-14-10-13-36(39(37)41)30-16-15-29-20-33(42)21-32(29)19-30/h8-19,22,25,33,43H,1-2,20-21,23-24,42H2,3-7H3/b28-25+,44-38?. The molecule has 1 heterocycles. The molecule has 1 atom stereocenters. The van der Waals surface area contributed by atoms with E-state index in [4.69, 9.17) is 22.3 Å². The zero-order valence-electron chi connectivity index (χ0n) is 27.3. The number of fused-ring (bicyclic) bond motifs is 1. The lowest BCUT2D eigenvalue weighted by molar-refractivity contribution is 0.400. The van der Waals surface area contributed by atoms with Crippen LogP contribution in [0.15, 0.2) is 115 Å². The number of nitrogens with zero attached hydrogens (tertiary/aromatic N) is 2. The second-order valence-electron chi connectivity index (χ2n) is 13.4. The Morgan fingerprint density at radius 3 is 2.38 bits per heavy atom. The van der Waals surface area contributed by atoms with Gasteiger partial charge in [-0.3, -0.25) is 0 Å². The lowest BCUT2D eigenvalue weighted by atomic mass is 9.91. The van der Waals surface area contributed by atoms with Gasteiger partial charge >= 0.3 is 0 Å². The van der Waals surface area contributed by atoms with Crippen molar-refractivity contribution in [3.05, 3.63) is 137 Å². The van der Waals surface area contributed by atoms with Gasteiger partial charge in [0.1, 0.15) is 5.49 Å². The molecule has 0 saturated carbocycles. The first-order chi connectivity index (χ1) is 21.4. The number of pyridine rings is 1. The molecule has 0 bridgehead atoms. The highest BCUT2D eigenvalue weighted by Gasteiger charge is 2.20. The van der Waals surface area contributed by atoms with Crippen LogP contribution >= 0.6 is 11.6 Å². The largest absolute Gasteiger partial charge is 0.385 e. The van der Waals surface area contributed by atoms with Crippen molar-refractivity contribution in [2.75, 3.05) is 6.54 Å². The van der Waals surface area contributed by atoms with E-state index in [0.717, 1.165) is 74.4 Å². The molecule has 4 aromatic rings. The zero-order valence-corrected chi connectivity index (χ0v) is 28.0. The summed E-state index contributed by atoms with van der Waals surface area (Å²) in [6.45, 7) is 17.6. The lowest BCUT2D eigenvalue weighted by Gasteiger charge is -2.20. The summed E-state index contributed by atoms with van der Waals surface area (Å²) in [6.07, 6.45) is 8.54. The molecule has 0 aliphatic heterocycles. The average Bonchev–Trinajstić information content (AvgIpc) is 3.37. The number of halogens is 1. The van der Waals surface area contributed by atoms with Gasteiger partial charge in [-0.05, 0) is 88.3 Å². The van der Waals surface area contributed by atoms with Crippen molar-refractivity contribution < 1.29 is 0 Å². The quantitative estimate of drug-likeness (QED) is 0.184. The maximum Gasteiger partial charge on any atom is 0.132 e. The number of rotatable bonds is 9. The smallest absolute Gasteiger partial charge is 0.132 e. The molecular weight excluding hydrogens is 572 g/mol. The Bertz CT molecular complexity index is 1850. The molecule has 45 heavy (non-hydrogen) atoms. The fourth-order valence-corrected chi connectivity index (χ4v) is 6.46. The predicted octanol–water partition coefficient (Wildman–Crippen LogP) is 8.92. The first-order valence-electron chi connectivity index (χ1n) is 15.6. The van der Waals surface area contributed by atoms with Crippen molar-refractivity contribution in [1.82, 2.24) is 9.88 Å². The summed E-state index contributed by atoms with van der Waals surface area (Å²) < 4.78 is 2.02. The van der Waals surface area contributed by atoms with Crippen molar-refractivity contribution in [2.24, 2.45) is 23.2 Å². The number of benzene rings is 3. The third kappa shape index (κ3) is 7.58. The molecule has 3 aromatic carbocycles. The number of hydrogen-bond donors (Lipinski definition) is 2. The topological polar surface area (TPSA) is 55.3 Å². The Kier molecular flexibility index (Phi) is 9.67. The summed E-state index contributed by atoms with van der Waals surface area (Å²) in [7, 11) is 2.01. The van der Waals surface area contributed by atoms with Crippen LogP contribution in [0.25, 0.3) is 33.4 Å². The van der Waals surface area contributed by atoms with Crippen molar-refractivity contribution in [2.45, 2.75) is 53.0 Å². The number of nitrogens with two attached hydrogens (primary N) is 1. The van der Waals surface area contributed by atoms with Crippen molar-refractivity contribution in [3.8, 4) is 33.4 Å². The van der Waals surface area contributed by atoms with E-state index in [1.54, 1.807) is 0 Å².